The van der Waals surface area contributed by atoms with Crippen molar-refractivity contribution in [2.24, 2.45) is 0 Å². The standard InChI is InChI=1S/C10H19NO4/c1-9(12)8-11(5-3-7-15-2)6-4-10(13)14/h3-8H2,1-2H3,(H,13,14). The molecule has 88 valence electrons. The second-order valence-electron chi connectivity index (χ2n) is 3.47. The van der Waals surface area contributed by atoms with Gasteiger partial charge in [0.15, 0.2) is 0 Å². The highest BCUT2D eigenvalue weighted by Gasteiger charge is 2.09. The molecule has 0 spiro atoms. The van der Waals surface area contributed by atoms with Crippen LogP contribution in [-0.2, 0) is 14.3 Å². The van der Waals surface area contributed by atoms with Crippen molar-refractivity contribution in [1.82, 2.24) is 4.90 Å². The molecule has 0 rings (SSSR count). The van der Waals surface area contributed by atoms with E-state index in [1.807, 2.05) is 4.90 Å². The lowest BCUT2D eigenvalue weighted by molar-refractivity contribution is -0.137. The highest BCUT2D eigenvalue weighted by Crippen LogP contribution is 1.95. The van der Waals surface area contributed by atoms with E-state index in [1.165, 1.54) is 6.92 Å². The first-order valence-corrected chi connectivity index (χ1v) is 4.98. The molecule has 0 aliphatic heterocycles. The average molecular weight is 217 g/mol. The van der Waals surface area contributed by atoms with Crippen LogP contribution in [0.25, 0.3) is 0 Å². The Labute approximate surface area is 90.0 Å². The first-order valence-electron chi connectivity index (χ1n) is 4.98. The van der Waals surface area contributed by atoms with E-state index >= 15 is 0 Å². The summed E-state index contributed by atoms with van der Waals surface area (Å²) in [7, 11) is 1.62. The summed E-state index contributed by atoms with van der Waals surface area (Å²) in [6, 6.07) is 0. The number of aliphatic carboxylic acids is 1. The van der Waals surface area contributed by atoms with Gasteiger partial charge in [0.05, 0.1) is 13.0 Å². The van der Waals surface area contributed by atoms with E-state index in [0.29, 0.717) is 26.2 Å². The maximum atomic E-state index is 10.9. The molecule has 0 aromatic rings. The average Bonchev–Trinajstić information content (AvgIpc) is 2.13. The minimum Gasteiger partial charge on any atom is -0.481 e. The fourth-order valence-electron chi connectivity index (χ4n) is 1.27. The number of ketones is 1. The fraction of sp³-hybridized carbons (Fsp3) is 0.800. The monoisotopic (exact) mass is 217 g/mol. The predicted molar refractivity (Wildman–Crippen MR) is 55.9 cm³/mol. The topological polar surface area (TPSA) is 66.8 Å². The Morgan fingerprint density at radius 2 is 2.00 bits per heavy atom. The van der Waals surface area contributed by atoms with Gasteiger partial charge in [0.1, 0.15) is 5.78 Å². The molecule has 0 saturated heterocycles. The maximum Gasteiger partial charge on any atom is 0.304 e. The first-order chi connectivity index (χ1) is 7.06. The summed E-state index contributed by atoms with van der Waals surface area (Å²) in [6.07, 6.45) is 0.879. The quantitative estimate of drug-likeness (QED) is 0.566. The normalized spacial score (nSPS) is 10.6. The van der Waals surface area contributed by atoms with Crippen LogP contribution in [0.15, 0.2) is 0 Å². The molecule has 0 aromatic heterocycles. The van der Waals surface area contributed by atoms with Crippen LogP contribution >= 0.6 is 0 Å². The van der Waals surface area contributed by atoms with Crippen molar-refractivity contribution in [2.45, 2.75) is 19.8 Å². The van der Waals surface area contributed by atoms with Crippen molar-refractivity contribution in [2.75, 3.05) is 33.4 Å². The van der Waals surface area contributed by atoms with Gasteiger partial charge in [-0.2, -0.15) is 0 Å². The Morgan fingerprint density at radius 3 is 2.47 bits per heavy atom. The summed E-state index contributed by atoms with van der Waals surface area (Å²) in [5.41, 5.74) is 0. The number of rotatable bonds is 9. The van der Waals surface area contributed by atoms with E-state index in [1.54, 1.807) is 7.11 Å². The highest BCUT2D eigenvalue weighted by molar-refractivity contribution is 5.77. The second-order valence-corrected chi connectivity index (χ2v) is 3.47. The van der Waals surface area contributed by atoms with Crippen LogP contribution in [0.5, 0.6) is 0 Å². The van der Waals surface area contributed by atoms with E-state index < -0.39 is 5.97 Å². The number of carbonyl (C=O) groups excluding carboxylic acids is 1. The zero-order chi connectivity index (χ0) is 11.7. The Balaban J connectivity index is 3.83. The van der Waals surface area contributed by atoms with Crippen molar-refractivity contribution < 1.29 is 19.4 Å². The Bertz CT molecular complexity index is 206. The molecule has 0 amide bonds. The van der Waals surface area contributed by atoms with Crippen molar-refractivity contribution >= 4 is 11.8 Å². The van der Waals surface area contributed by atoms with Crippen LogP contribution in [0.3, 0.4) is 0 Å². The van der Waals surface area contributed by atoms with Gasteiger partial charge in [-0.15, -0.1) is 0 Å². The molecular weight excluding hydrogens is 198 g/mol. The third-order valence-electron chi connectivity index (χ3n) is 1.91. The van der Waals surface area contributed by atoms with E-state index in [0.717, 1.165) is 6.42 Å². The number of methoxy groups -OCH3 is 1. The van der Waals surface area contributed by atoms with Gasteiger partial charge in [-0.25, -0.2) is 0 Å². The minimum atomic E-state index is -0.838. The summed E-state index contributed by atoms with van der Waals surface area (Å²) >= 11 is 0. The minimum absolute atomic E-state index is 0.0535. The van der Waals surface area contributed by atoms with Crippen LogP contribution in [-0.4, -0.2) is 55.1 Å². The molecule has 0 aliphatic rings. The number of nitrogens with zero attached hydrogens (tertiary/aromatic N) is 1. The lowest BCUT2D eigenvalue weighted by Crippen LogP contribution is -2.32. The van der Waals surface area contributed by atoms with Gasteiger partial charge in [-0.05, 0) is 13.3 Å². The lowest BCUT2D eigenvalue weighted by atomic mass is 10.3. The van der Waals surface area contributed by atoms with Gasteiger partial charge in [0.25, 0.3) is 0 Å². The molecule has 0 aliphatic carbocycles. The number of hydrogen-bond acceptors (Lipinski definition) is 4. The van der Waals surface area contributed by atoms with Crippen LogP contribution in [0, 0.1) is 0 Å². The smallest absolute Gasteiger partial charge is 0.304 e. The SMILES string of the molecule is COCCCN(CCC(=O)O)CC(C)=O. The first kappa shape index (κ1) is 14.1. The molecule has 5 heteroatoms. The molecule has 0 bridgehead atoms. The van der Waals surface area contributed by atoms with Crippen molar-refractivity contribution in [3.8, 4) is 0 Å². The molecule has 0 saturated carbocycles. The Hall–Kier alpha value is -0.940. The molecule has 0 radical (unpaired) electrons. The summed E-state index contributed by atoms with van der Waals surface area (Å²) in [5, 5.41) is 8.53. The number of ether oxygens (including phenoxy) is 1. The number of Topliss-reactive ketones (excluding diaryl/α,β-unsaturated/α-hetero) is 1. The molecular formula is C10H19NO4. The van der Waals surface area contributed by atoms with E-state index in [4.69, 9.17) is 9.84 Å². The van der Waals surface area contributed by atoms with Gasteiger partial charge < -0.3 is 9.84 Å². The zero-order valence-corrected chi connectivity index (χ0v) is 9.36. The van der Waals surface area contributed by atoms with E-state index in [-0.39, 0.29) is 12.2 Å². The van der Waals surface area contributed by atoms with E-state index in [2.05, 4.69) is 0 Å². The molecule has 15 heavy (non-hydrogen) atoms. The van der Waals surface area contributed by atoms with Gasteiger partial charge in [-0.1, -0.05) is 0 Å². The molecule has 0 atom stereocenters. The maximum absolute atomic E-state index is 10.9. The molecule has 5 nitrogen and oxygen atoms in total. The second kappa shape index (κ2) is 8.38. The van der Waals surface area contributed by atoms with Gasteiger partial charge >= 0.3 is 5.97 Å². The molecule has 1 N–H and O–H groups in total. The third kappa shape index (κ3) is 9.37. The van der Waals surface area contributed by atoms with Gasteiger partial charge in [-0.3, -0.25) is 14.5 Å². The van der Waals surface area contributed by atoms with Crippen molar-refractivity contribution in [3.63, 3.8) is 0 Å². The fourth-order valence-corrected chi connectivity index (χ4v) is 1.27. The van der Waals surface area contributed by atoms with Crippen LogP contribution in [0.2, 0.25) is 0 Å². The van der Waals surface area contributed by atoms with Crippen LogP contribution < -0.4 is 0 Å². The largest absolute Gasteiger partial charge is 0.481 e. The van der Waals surface area contributed by atoms with Crippen molar-refractivity contribution in [1.29, 1.82) is 0 Å². The molecule has 0 heterocycles. The van der Waals surface area contributed by atoms with E-state index in [9.17, 15) is 9.59 Å². The summed E-state index contributed by atoms with van der Waals surface area (Å²) in [4.78, 5) is 23.1. The number of carboxylic acids is 1. The summed E-state index contributed by atoms with van der Waals surface area (Å²) < 4.78 is 4.89. The summed E-state index contributed by atoms with van der Waals surface area (Å²) in [5.74, 6) is -0.784. The molecule has 0 fully saturated rings. The molecule has 0 unspecified atom stereocenters. The number of carboxylic acid groups (broad SMARTS) is 1. The van der Waals surface area contributed by atoms with Gasteiger partial charge in [0.2, 0.25) is 0 Å². The molecule has 0 aromatic carbocycles. The van der Waals surface area contributed by atoms with Crippen molar-refractivity contribution in [3.05, 3.63) is 0 Å². The van der Waals surface area contributed by atoms with Gasteiger partial charge in [0, 0.05) is 26.8 Å². The number of hydrogen-bond donors (Lipinski definition) is 1. The Kier molecular flexibility index (Phi) is 7.85. The predicted octanol–water partition coefficient (Wildman–Crippen LogP) is 0.389. The third-order valence-corrected chi connectivity index (χ3v) is 1.91. The van der Waals surface area contributed by atoms with Crippen LogP contribution in [0.1, 0.15) is 19.8 Å². The Morgan fingerprint density at radius 1 is 1.33 bits per heavy atom. The summed E-state index contributed by atoms with van der Waals surface area (Å²) in [6.45, 7) is 3.56. The zero-order valence-electron chi connectivity index (χ0n) is 9.36. The van der Waals surface area contributed by atoms with Crippen LogP contribution in [0.4, 0.5) is 0 Å². The lowest BCUT2D eigenvalue weighted by Gasteiger charge is -2.19. The number of carbonyl (C=O) groups is 2. The highest BCUT2D eigenvalue weighted by atomic mass is 16.5.